The molecule has 0 saturated heterocycles. The summed E-state index contributed by atoms with van der Waals surface area (Å²) in [6.45, 7) is 2.85. The van der Waals surface area contributed by atoms with E-state index in [2.05, 4.69) is 0 Å². The first-order valence-corrected chi connectivity index (χ1v) is 6.50. The average molecular weight is 295 g/mol. The van der Waals surface area contributed by atoms with Crippen LogP contribution in [0, 0.1) is 0 Å². The minimum Gasteiger partial charge on any atom is -0.489 e. The molecule has 1 aromatic rings. The van der Waals surface area contributed by atoms with E-state index in [0.717, 1.165) is 0 Å². The number of ether oxygens (including phenoxy) is 1. The molecule has 2 atom stereocenters. The van der Waals surface area contributed by atoms with Gasteiger partial charge in [0, 0.05) is 11.1 Å². The van der Waals surface area contributed by atoms with Crippen LogP contribution in [0.5, 0.6) is 5.75 Å². The molecule has 18 heavy (non-hydrogen) atoms. The number of aliphatic hydroxyl groups excluding tert-OH is 2. The van der Waals surface area contributed by atoms with Gasteiger partial charge in [0.15, 0.2) is 0 Å². The fourth-order valence-corrected chi connectivity index (χ4v) is 1.71. The zero-order chi connectivity index (χ0) is 13.5. The molecule has 0 bridgehead atoms. The Morgan fingerprint density at radius 2 is 2.00 bits per heavy atom. The van der Waals surface area contributed by atoms with E-state index in [0.29, 0.717) is 28.9 Å². The molecule has 102 valence electrons. The summed E-state index contributed by atoms with van der Waals surface area (Å²) in [4.78, 5) is 0. The zero-order valence-electron chi connectivity index (χ0n) is 10.1. The van der Waals surface area contributed by atoms with Gasteiger partial charge in [-0.3, -0.25) is 0 Å². The number of aliphatic hydroxyl groups is 2. The molecule has 0 unspecified atom stereocenters. The molecular formula is C12H18Cl2NO3+. The summed E-state index contributed by atoms with van der Waals surface area (Å²) >= 11 is 11.7. The normalized spacial score (nSPS) is 14.3. The summed E-state index contributed by atoms with van der Waals surface area (Å²) < 4.78 is 5.39. The molecule has 0 aliphatic carbocycles. The van der Waals surface area contributed by atoms with Crippen LogP contribution >= 0.6 is 23.2 Å². The minimum absolute atomic E-state index is 0.135. The van der Waals surface area contributed by atoms with Gasteiger partial charge in [-0.2, -0.15) is 0 Å². The molecular weight excluding hydrogens is 277 g/mol. The second-order valence-electron chi connectivity index (χ2n) is 4.15. The molecule has 4 N–H and O–H groups in total. The summed E-state index contributed by atoms with van der Waals surface area (Å²) in [6.07, 6.45) is -1.01. The van der Waals surface area contributed by atoms with Crippen LogP contribution in [0.4, 0.5) is 0 Å². The summed E-state index contributed by atoms with van der Waals surface area (Å²) in [7, 11) is 0. The van der Waals surface area contributed by atoms with E-state index in [9.17, 15) is 5.11 Å². The Kier molecular flexibility index (Phi) is 6.75. The molecule has 0 saturated carbocycles. The SMILES string of the molecule is C[C@H](O)C[NH2+]C[C@@H](O)COc1cc(Cl)ccc1Cl. The second kappa shape index (κ2) is 7.81. The zero-order valence-corrected chi connectivity index (χ0v) is 11.7. The Bertz CT molecular complexity index is 374. The summed E-state index contributed by atoms with van der Waals surface area (Å²) in [5.74, 6) is 0.457. The first kappa shape index (κ1) is 15.5. The number of hydrogen-bond acceptors (Lipinski definition) is 3. The number of quaternary nitrogens is 1. The molecule has 0 fully saturated rings. The Morgan fingerprint density at radius 1 is 1.28 bits per heavy atom. The van der Waals surface area contributed by atoms with Crippen LogP contribution in [0.2, 0.25) is 10.0 Å². The Morgan fingerprint density at radius 3 is 2.67 bits per heavy atom. The maximum absolute atomic E-state index is 9.67. The van der Waals surface area contributed by atoms with Crippen LogP contribution in [-0.2, 0) is 0 Å². The van der Waals surface area contributed by atoms with Gasteiger partial charge >= 0.3 is 0 Å². The maximum atomic E-state index is 9.67. The largest absolute Gasteiger partial charge is 0.489 e. The predicted octanol–water partition coefficient (Wildman–Crippen LogP) is 0.677. The Balaban J connectivity index is 2.33. The van der Waals surface area contributed by atoms with Gasteiger partial charge in [-0.15, -0.1) is 0 Å². The van der Waals surface area contributed by atoms with Gasteiger partial charge in [-0.1, -0.05) is 23.2 Å². The molecule has 0 spiro atoms. The predicted molar refractivity (Wildman–Crippen MR) is 71.3 cm³/mol. The van der Waals surface area contributed by atoms with E-state index < -0.39 is 6.10 Å². The van der Waals surface area contributed by atoms with Crippen molar-refractivity contribution < 1.29 is 20.3 Å². The third-order valence-corrected chi connectivity index (χ3v) is 2.82. The average Bonchev–Trinajstić information content (AvgIpc) is 2.30. The highest BCUT2D eigenvalue weighted by Crippen LogP contribution is 2.27. The van der Waals surface area contributed by atoms with Gasteiger partial charge in [0.1, 0.15) is 31.5 Å². The van der Waals surface area contributed by atoms with Crippen LogP contribution in [0.25, 0.3) is 0 Å². The molecule has 0 aliphatic rings. The summed E-state index contributed by atoms with van der Waals surface area (Å²) in [5, 5.41) is 21.6. The Labute approximate surface area is 116 Å². The molecule has 0 aromatic heterocycles. The van der Waals surface area contributed by atoms with Gasteiger partial charge in [0.05, 0.1) is 11.1 Å². The highest BCUT2D eigenvalue weighted by Gasteiger charge is 2.10. The first-order valence-electron chi connectivity index (χ1n) is 5.74. The summed E-state index contributed by atoms with van der Waals surface area (Å²) in [5.41, 5.74) is 0. The molecule has 1 aromatic carbocycles. The van der Waals surface area contributed by atoms with E-state index in [1.807, 2.05) is 5.32 Å². The van der Waals surface area contributed by atoms with Crippen molar-refractivity contribution in [1.29, 1.82) is 0 Å². The molecule has 0 heterocycles. The maximum Gasteiger partial charge on any atom is 0.139 e. The van der Waals surface area contributed by atoms with Crippen molar-refractivity contribution in [2.45, 2.75) is 19.1 Å². The highest BCUT2D eigenvalue weighted by atomic mass is 35.5. The molecule has 6 heteroatoms. The monoisotopic (exact) mass is 294 g/mol. The Hall–Kier alpha value is -0.520. The molecule has 0 aliphatic heterocycles. The van der Waals surface area contributed by atoms with Crippen molar-refractivity contribution in [3.63, 3.8) is 0 Å². The highest BCUT2D eigenvalue weighted by molar-refractivity contribution is 6.34. The number of benzene rings is 1. The van der Waals surface area contributed by atoms with Gasteiger partial charge < -0.3 is 20.3 Å². The van der Waals surface area contributed by atoms with Crippen LogP contribution in [-0.4, -0.2) is 42.1 Å². The molecule has 4 nitrogen and oxygen atoms in total. The lowest BCUT2D eigenvalue weighted by molar-refractivity contribution is -0.666. The number of halogens is 2. The van der Waals surface area contributed by atoms with E-state index in [1.54, 1.807) is 25.1 Å². The van der Waals surface area contributed by atoms with Crippen LogP contribution in [0.3, 0.4) is 0 Å². The topological polar surface area (TPSA) is 66.3 Å². The van der Waals surface area contributed by atoms with Gasteiger partial charge in [0.25, 0.3) is 0 Å². The third-order valence-electron chi connectivity index (χ3n) is 2.27. The van der Waals surface area contributed by atoms with Crippen LogP contribution < -0.4 is 10.1 Å². The fourth-order valence-electron chi connectivity index (χ4n) is 1.37. The fraction of sp³-hybridized carbons (Fsp3) is 0.500. The number of nitrogens with two attached hydrogens (primary N) is 1. The van der Waals surface area contributed by atoms with E-state index in [1.165, 1.54) is 0 Å². The molecule has 0 amide bonds. The van der Waals surface area contributed by atoms with Gasteiger partial charge in [-0.25, -0.2) is 0 Å². The number of hydrogen-bond donors (Lipinski definition) is 3. The van der Waals surface area contributed by atoms with Gasteiger partial charge in [0.2, 0.25) is 0 Å². The molecule has 1 rings (SSSR count). The molecule has 0 radical (unpaired) electrons. The van der Waals surface area contributed by atoms with Crippen LogP contribution in [0.15, 0.2) is 18.2 Å². The van der Waals surface area contributed by atoms with Crippen LogP contribution in [0.1, 0.15) is 6.92 Å². The number of rotatable bonds is 7. The first-order chi connectivity index (χ1) is 8.49. The third kappa shape index (κ3) is 5.89. The summed E-state index contributed by atoms with van der Waals surface area (Å²) in [6, 6.07) is 4.92. The van der Waals surface area contributed by atoms with Crippen molar-refractivity contribution in [2.75, 3.05) is 19.7 Å². The van der Waals surface area contributed by atoms with E-state index in [4.69, 9.17) is 33.0 Å². The van der Waals surface area contributed by atoms with Crippen molar-refractivity contribution in [2.24, 2.45) is 0 Å². The van der Waals surface area contributed by atoms with Gasteiger partial charge in [-0.05, 0) is 19.1 Å². The lowest BCUT2D eigenvalue weighted by Crippen LogP contribution is -2.88. The lowest BCUT2D eigenvalue weighted by Gasteiger charge is -2.13. The van der Waals surface area contributed by atoms with Crippen molar-refractivity contribution >= 4 is 23.2 Å². The quantitative estimate of drug-likeness (QED) is 0.693. The lowest BCUT2D eigenvalue weighted by atomic mass is 10.3. The van der Waals surface area contributed by atoms with Crippen molar-refractivity contribution in [3.8, 4) is 5.75 Å². The smallest absolute Gasteiger partial charge is 0.139 e. The van der Waals surface area contributed by atoms with E-state index in [-0.39, 0.29) is 12.7 Å². The van der Waals surface area contributed by atoms with Crippen molar-refractivity contribution in [1.82, 2.24) is 0 Å². The van der Waals surface area contributed by atoms with E-state index >= 15 is 0 Å². The standard InChI is InChI=1S/C12H17Cl2NO3/c1-8(16)5-15-6-10(17)7-18-12-4-9(13)2-3-11(12)14/h2-4,8,10,15-17H,5-7H2,1H3/p+1/t8-,10+/m0/s1. The second-order valence-corrected chi connectivity index (χ2v) is 4.99. The minimum atomic E-state index is -0.626. The van der Waals surface area contributed by atoms with Crippen molar-refractivity contribution in [3.05, 3.63) is 28.2 Å².